The molecule has 1 aromatic rings. The van der Waals surface area contributed by atoms with Gasteiger partial charge in [-0.3, -0.25) is 0 Å². The quantitative estimate of drug-likeness (QED) is 0.667. The fourth-order valence-corrected chi connectivity index (χ4v) is 2.34. The number of alkyl halides is 3. The number of hydrogen-bond donors (Lipinski definition) is 1. The first-order valence-corrected chi connectivity index (χ1v) is 7.15. The van der Waals surface area contributed by atoms with Gasteiger partial charge in [-0.2, -0.15) is 13.2 Å². The largest absolute Gasteiger partial charge is 0.598 e. The zero-order valence-corrected chi connectivity index (χ0v) is 12.6. The van der Waals surface area contributed by atoms with Crippen LogP contribution in [0.25, 0.3) is 0 Å². The molecule has 1 rings (SSSR count). The van der Waals surface area contributed by atoms with Gasteiger partial charge in [0.05, 0.1) is 0 Å². The van der Waals surface area contributed by atoms with Gasteiger partial charge < -0.3 is 4.55 Å². The number of nitrogens with one attached hydrogen (secondary N) is 1. The number of benzene rings is 1. The molecule has 1 N–H and O–H groups in total. The zero-order valence-electron chi connectivity index (χ0n) is 11.0. The maximum atomic E-state index is 13.6. The average molecular weight is 332 g/mol. The molecule has 8 heteroatoms. The van der Waals surface area contributed by atoms with Crippen LogP contribution in [0, 0.1) is 5.82 Å². The topological polar surface area (TPSA) is 35.1 Å². The van der Waals surface area contributed by atoms with Crippen LogP contribution in [-0.2, 0) is 11.4 Å². The fraction of sp³-hybridized carbons (Fsp3) is 0.500. The normalized spacial score (nSPS) is 16.1. The van der Waals surface area contributed by atoms with Gasteiger partial charge in [-0.15, -0.1) is 4.72 Å². The van der Waals surface area contributed by atoms with Gasteiger partial charge in [-0.1, -0.05) is 11.6 Å². The molecule has 0 radical (unpaired) electrons. The highest BCUT2D eigenvalue weighted by atomic mass is 35.5. The Morgan fingerprint density at radius 2 is 1.80 bits per heavy atom. The molecular weight excluding hydrogens is 318 g/mol. The molecule has 20 heavy (non-hydrogen) atoms. The van der Waals surface area contributed by atoms with Gasteiger partial charge in [0, 0.05) is 21.9 Å². The van der Waals surface area contributed by atoms with E-state index in [0.29, 0.717) is 0 Å². The summed E-state index contributed by atoms with van der Waals surface area (Å²) in [5.41, 5.74) is -0.678. The summed E-state index contributed by atoms with van der Waals surface area (Å²) in [6.07, 6.45) is -4.80. The Hall–Kier alpha value is -0.500. The minimum absolute atomic E-state index is 0.0287. The van der Waals surface area contributed by atoms with E-state index in [9.17, 15) is 22.1 Å². The molecule has 0 aliphatic carbocycles. The molecule has 1 unspecified atom stereocenters. The number of halogens is 5. The van der Waals surface area contributed by atoms with Crippen molar-refractivity contribution in [3.05, 3.63) is 34.6 Å². The molecule has 0 spiro atoms. The van der Waals surface area contributed by atoms with Crippen molar-refractivity contribution < 1.29 is 22.1 Å². The standard InChI is InChI=1S/C12H14ClF4NOS/c1-11(2,3)20(19)18-10(12(15,16)17)8-6-7(13)4-5-9(8)14/h4-6,10,18H,1-3H3/t10?,20-/m1/s1. The van der Waals surface area contributed by atoms with Crippen molar-refractivity contribution in [3.63, 3.8) is 0 Å². The Morgan fingerprint density at radius 3 is 2.25 bits per heavy atom. The number of rotatable bonds is 3. The third kappa shape index (κ3) is 4.51. The lowest BCUT2D eigenvalue weighted by atomic mass is 10.1. The van der Waals surface area contributed by atoms with Crippen molar-refractivity contribution in [2.75, 3.05) is 0 Å². The molecule has 0 saturated heterocycles. The Kier molecular flexibility index (Phi) is 5.34. The Balaban J connectivity index is 3.17. The van der Waals surface area contributed by atoms with E-state index in [1.54, 1.807) is 0 Å². The molecular formula is C12H14ClF4NOS. The van der Waals surface area contributed by atoms with Crippen LogP contribution in [0.2, 0.25) is 5.02 Å². The average Bonchev–Trinajstić information content (AvgIpc) is 2.26. The molecule has 0 heterocycles. The van der Waals surface area contributed by atoms with Crippen molar-refractivity contribution in [2.45, 2.75) is 37.7 Å². The lowest BCUT2D eigenvalue weighted by Crippen LogP contribution is -2.46. The molecule has 114 valence electrons. The summed E-state index contributed by atoms with van der Waals surface area (Å²) >= 11 is 3.59. The van der Waals surface area contributed by atoms with Crippen LogP contribution in [0.3, 0.4) is 0 Å². The van der Waals surface area contributed by atoms with Gasteiger partial charge in [0.1, 0.15) is 10.6 Å². The second kappa shape index (κ2) is 6.09. The number of hydrogen-bond acceptors (Lipinski definition) is 2. The predicted molar refractivity (Wildman–Crippen MR) is 71.2 cm³/mol. The molecule has 0 aromatic heterocycles. The van der Waals surface area contributed by atoms with Crippen LogP contribution < -0.4 is 4.72 Å². The summed E-state index contributed by atoms with van der Waals surface area (Å²) in [5.74, 6) is -1.06. The van der Waals surface area contributed by atoms with Gasteiger partial charge in [0.15, 0.2) is 6.04 Å². The third-order valence-corrected chi connectivity index (χ3v) is 4.17. The fourth-order valence-electron chi connectivity index (χ4n) is 1.33. The molecule has 0 aliphatic rings. The second-order valence-electron chi connectivity index (χ2n) is 5.14. The smallest absolute Gasteiger partial charge is 0.412 e. The molecule has 2 atom stereocenters. The van der Waals surface area contributed by atoms with Crippen molar-refractivity contribution in [2.24, 2.45) is 0 Å². The monoisotopic (exact) mass is 331 g/mol. The van der Waals surface area contributed by atoms with E-state index in [1.807, 2.05) is 4.72 Å². The lowest BCUT2D eigenvalue weighted by molar-refractivity contribution is -0.153. The van der Waals surface area contributed by atoms with Gasteiger partial charge in [-0.05, 0) is 39.0 Å². The van der Waals surface area contributed by atoms with Crippen LogP contribution >= 0.6 is 11.6 Å². The van der Waals surface area contributed by atoms with Crippen LogP contribution in [0.4, 0.5) is 17.6 Å². The maximum absolute atomic E-state index is 13.6. The highest BCUT2D eigenvalue weighted by Crippen LogP contribution is 2.36. The first kappa shape index (κ1) is 17.6. The molecule has 0 fully saturated rings. The second-order valence-corrected chi connectivity index (χ2v) is 7.57. The van der Waals surface area contributed by atoms with Gasteiger partial charge >= 0.3 is 6.18 Å². The van der Waals surface area contributed by atoms with E-state index < -0.39 is 39.7 Å². The van der Waals surface area contributed by atoms with Crippen LogP contribution in [0.1, 0.15) is 32.4 Å². The highest BCUT2D eigenvalue weighted by Gasteiger charge is 2.46. The summed E-state index contributed by atoms with van der Waals surface area (Å²) in [5, 5.41) is -0.0287. The van der Waals surface area contributed by atoms with Crippen molar-refractivity contribution in [3.8, 4) is 0 Å². The van der Waals surface area contributed by atoms with E-state index in [-0.39, 0.29) is 5.02 Å². The van der Waals surface area contributed by atoms with Crippen LogP contribution in [0.15, 0.2) is 18.2 Å². The van der Waals surface area contributed by atoms with E-state index in [1.165, 1.54) is 20.8 Å². The highest BCUT2D eigenvalue weighted by molar-refractivity contribution is 7.90. The summed E-state index contributed by atoms with van der Waals surface area (Å²) in [4.78, 5) is 0. The first-order valence-electron chi connectivity index (χ1n) is 5.62. The van der Waals surface area contributed by atoms with Crippen LogP contribution in [-0.4, -0.2) is 15.5 Å². The Bertz CT molecular complexity index is 476. The Labute approximate surface area is 122 Å². The summed E-state index contributed by atoms with van der Waals surface area (Å²) in [6.45, 7) is 4.54. The molecule has 0 amide bonds. The minimum Gasteiger partial charge on any atom is -0.598 e. The maximum Gasteiger partial charge on any atom is 0.412 e. The van der Waals surface area contributed by atoms with E-state index in [0.717, 1.165) is 18.2 Å². The van der Waals surface area contributed by atoms with Gasteiger partial charge in [0.25, 0.3) is 0 Å². The molecule has 0 saturated carbocycles. The zero-order chi connectivity index (χ0) is 15.7. The van der Waals surface area contributed by atoms with Crippen molar-refractivity contribution in [1.82, 2.24) is 4.72 Å². The van der Waals surface area contributed by atoms with Gasteiger partial charge in [-0.25, -0.2) is 4.39 Å². The van der Waals surface area contributed by atoms with Crippen LogP contribution in [0.5, 0.6) is 0 Å². The molecule has 2 nitrogen and oxygen atoms in total. The van der Waals surface area contributed by atoms with E-state index >= 15 is 0 Å². The van der Waals surface area contributed by atoms with Crippen molar-refractivity contribution in [1.29, 1.82) is 0 Å². The predicted octanol–water partition coefficient (Wildman–Crippen LogP) is 4.13. The summed E-state index contributed by atoms with van der Waals surface area (Å²) in [6, 6.07) is 0.482. The third-order valence-electron chi connectivity index (χ3n) is 2.38. The van der Waals surface area contributed by atoms with Crippen molar-refractivity contribution >= 4 is 23.0 Å². The summed E-state index contributed by atoms with van der Waals surface area (Å²) < 4.78 is 65.6. The van der Waals surface area contributed by atoms with E-state index in [2.05, 4.69) is 0 Å². The van der Waals surface area contributed by atoms with Gasteiger partial charge in [0.2, 0.25) is 0 Å². The molecule has 0 bridgehead atoms. The Morgan fingerprint density at radius 1 is 1.25 bits per heavy atom. The SMILES string of the molecule is CC(C)(C)[S@@+]([O-])NC(c1cc(Cl)ccc1F)C(F)(F)F. The van der Waals surface area contributed by atoms with E-state index in [4.69, 9.17) is 11.6 Å². The molecule has 1 aromatic carbocycles. The minimum atomic E-state index is -4.80. The summed E-state index contributed by atoms with van der Waals surface area (Å²) in [7, 11) is 0. The molecule has 0 aliphatic heterocycles. The lowest BCUT2D eigenvalue weighted by Gasteiger charge is -2.29. The first-order chi connectivity index (χ1) is 8.93.